The van der Waals surface area contributed by atoms with Crippen molar-refractivity contribution in [1.29, 1.82) is 0 Å². The number of rotatable bonds is 5. The Hall–Kier alpha value is -0.830. The molecule has 0 bridgehead atoms. The molecule has 0 atom stereocenters. The predicted octanol–water partition coefficient (Wildman–Crippen LogP) is 2.08. The molecule has 0 fully saturated rings. The fraction of sp³-hybridized carbons (Fsp3) is 0.700. The maximum absolute atomic E-state index is 10.8. The molecule has 0 aliphatic carbocycles. The minimum atomic E-state index is -0.875. The maximum atomic E-state index is 10.8. The molecule has 0 unspecified atom stereocenters. The van der Waals surface area contributed by atoms with E-state index in [1.54, 1.807) is 0 Å². The van der Waals surface area contributed by atoms with Crippen LogP contribution in [-0.4, -0.2) is 24.8 Å². The van der Waals surface area contributed by atoms with E-state index in [0.29, 0.717) is 11.5 Å². The molecular formula is C10H18O3. The van der Waals surface area contributed by atoms with Gasteiger partial charge in [-0.15, -0.1) is 0 Å². The molecule has 0 amide bonds. The average Bonchev–Trinajstić information content (AvgIpc) is 1.97. The number of hydrogen-bond acceptors (Lipinski definition) is 2. The molecule has 0 saturated carbocycles. The second-order valence-electron chi connectivity index (χ2n) is 3.60. The van der Waals surface area contributed by atoms with Crippen LogP contribution >= 0.6 is 0 Å². The van der Waals surface area contributed by atoms with E-state index >= 15 is 0 Å². The zero-order valence-electron chi connectivity index (χ0n) is 8.76. The molecule has 0 aliphatic rings. The van der Waals surface area contributed by atoms with Gasteiger partial charge in [-0.3, -0.25) is 0 Å². The molecule has 13 heavy (non-hydrogen) atoms. The van der Waals surface area contributed by atoms with E-state index in [1.165, 1.54) is 7.11 Å². The Bertz CT molecular complexity index is 204. The summed E-state index contributed by atoms with van der Waals surface area (Å²) in [6.07, 6.45) is 0.811. The van der Waals surface area contributed by atoms with Crippen molar-refractivity contribution in [3.05, 3.63) is 11.1 Å². The first-order valence-corrected chi connectivity index (χ1v) is 4.39. The maximum Gasteiger partial charge on any atom is 0.333 e. The topological polar surface area (TPSA) is 46.5 Å². The number of carbonyl (C=O) groups is 1. The van der Waals surface area contributed by atoms with Crippen LogP contribution in [0.3, 0.4) is 0 Å². The molecule has 0 radical (unpaired) electrons. The Morgan fingerprint density at radius 2 is 2.00 bits per heavy atom. The van der Waals surface area contributed by atoms with Gasteiger partial charge in [0.25, 0.3) is 0 Å². The molecule has 0 aromatic heterocycles. The molecule has 0 heterocycles. The molecule has 0 aromatic rings. The van der Waals surface area contributed by atoms with Gasteiger partial charge in [-0.1, -0.05) is 19.4 Å². The van der Waals surface area contributed by atoms with Gasteiger partial charge in [-0.05, 0) is 19.3 Å². The third-order valence-electron chi connectivity index (χ3n) is 1.78. The zero-order chi connectivity index (χ0) is 10.4. The molecule has 1 N–H and O–H groups in total. The van der Waals surface area contributed by atoms with E-state index in [0.717, 1.165) is 12.0 Å². The fourth-order valence-corrected chi connectivity index (χ4v) is 1.25. The number of aliphatic carboxylic acids is 1. The minimum absolute atomic E-state index is 0.188. The van der Waals surface area contributed by atoms with Crippen LogP contribution in [0.25, 0.3) is 0 Å². The van der Waals surface area contributed by atoms with Gasteiger partial charge in [0.1, 0.15) is 0 Å². The first kappa shape index (κ1) is 12.2. The Labute approximate surface area is 79.4 Å². The van der Waals surface area contributed by atoms with E-state index in [-0.39, 0.29) is 6.61 Å². The number of carboxylic acids is 1. The lowest BCUT2D eigenvalue weighted by Gasteiger charge is -2.09. The van der Waals surface area contributed by atoms with Crippen molar-refractivity contribution in [2.24, 2.45) is 5.92 Å². The SMILES string of the molecule is COCC(C(=O)O)=C(C)CC(C)C. The average molecular weight is 186 g/mol. The molecule has 0 spiro atoms. The fourth-order valence-electron chi connectivity index (χ4n) is 1.25. The van der Waals surface area contributed by atoms with Crippen LogP contribution in [0.2, 0.25) is 0 Å². The van der Waals surface area contributed by atoms with Crippen LogP contribution in [0.1, 0.15) is 27.2 Å². The minimum Gasteiger partial charge on any atom is -0.478 e. The number of methoxy groups -OCH3 is 1. The van der Waals surface area contributed by atoms with Crippen LogP contribution in [-0.2, 0) is 9.53 Å². The highest BCUT2D eigenvalue weighted by atomic mass is 16.5. The molecule has 0 aromatic carbocycles. The van der Waals surface area contributed by atoms with Gasteiger partial charge in [0, 0.05) is 7.11 Å². The first-order valence-electron chi connectivity index (χ1n) is 4.39. The van der Waals surface area contributed by atoms with Gasteiger partial charge >= 0.3 is 5.97 Å². The van der Waals surface area contributed by atoms with Crippen molar-refractivity contribution in [3.8, 4) is 0 Å². The summed E-state index contributed by atoms with van der Waals surface area (Å²) in [6, 6.07) is 0. The van der Waals surface area contributed by atoms with Crippen molar-refractivity contribution in [2.45, 2.75) is 27.2 Å². The van der Waals surface area contributed by atoms with Gasteiger partial charge in [0.2, 0.25) is 0 Å². The Kier molecular flexibility index (Phi) is 5.39. The lowest BCUT2D eigenvalue weighted by atomic mass is 10.00. The summed E-state index contributed by atoms with van der Waals surface area (Å²) >= 11 is 0. The lowest BCUT2D eigenvalue weighted by Crippen LogP contribution is -2.10. The summed E-state index contributed by atoms with van der Waals surface area (Å²) < 4.78 is 4.83. The van der Waals surface area contributed by atoms with Crippen LogP contribution in [0, 0.1) is 5.92 Å². The molecule has 0 aliphatic heterocycles. The molecule has 3 nitrogen and oxygen atoms in total. The number of allylic oxidation sites excluding steroid dienone is 1. The van der Waals surface area contributed by atoms with Crippen LogP contribution in [0.4, 0.5) is 0 Å². The summed E-state index contributed by atoms with van der Waals surface area (Å²) in [6.45, 7) is 6.17. The van der Waals surface area contributed by atoms with E-state index in [2.05, 4.69) is 13.8 Å². The number of ether oxygens (including phenoxy) is 1. The summed E-state index contributed by atoms with van der Waals surface area (Å²) in [5.74, 6) is -0.397. The lowest BCUT2D eigenvalue weighted by molar-refractivity contribution is -0.133. The normalized spacial score (nSPS) is 13.0. The Morgan fingerprint density at radius 3 is 2.31 bits per heavy atom. The molecular weight excluding hydrogens is 168 g/mol. The second kappa shape index (κ2) is 5.75. The monoisotopic (exact) mass is 186 g/mol. The molecule has 0 rings (SSSR count). The van der Waals surface area contributed by atoms with E-state index in [4.69, 9.17) is 9.84 Å². The molecule has 76 valence electrons. The Morgan fingerprint density at radius 1 is 1.46 bits per heavy atom. The summed E-state index contributed by atoms with van der Waals surface area (Å²) in [7, 11) is 1.51. The quantitative estimate of drug-likeness (QED) is 0.669. The standard InChI is InChI=1S/C10H18O3/c1-7(2)5-8(3)9(6-13-4)10(11)12/h7H,5-6H2,1-4H3,(H,11,12). The largest absolute Gasteiger partial charge is 0.478 e. The second-order valence-corrected chi connectivity index (χ2v) is 3.60. The Balaban J connectivity index is 4.54. The van der Waals surface area contributed by atoms with Gasteiger partial charge in [-0.2, -0.15) is 0 Å². The highest BCUT2D eigenvalue weighted by Gasteiger charge is 2.11. The van der Waals surface area contributed by atoms with Gasteiger partial charge in [0.05, 0.1) is 12.2 Å². The zero-order valence-corrected chi connectivity index (χ0v) is 8.76. The van der Waals surface area contributed by atoms with Gasteiger partial charge in [0.15, 0.2) is 0 Å². The van der Waals surface area contributed by atoms with Gasteiger partial charge < -0.3 is 9.84 Å². The third kappa shape index (κ3) is 4.68. The number of hydrogen-bond donors (Lipinski definition) is 1. The summed E-state index contributed by atoms with van der Waals surface area (Å²) in [4.78, 5) is 10.8. The number of carboxylic acid groups (broad SMARTS) is 1. The van der Waals surface area contributed by atoms with Gasteiger partial charge in [-0.25, -0.2) is 4.79 Å². The van der Waals surface area contributed by atoms with Crippen molar-refractivity contribution in [2.75, 3.05) is 13.7 Å². The molecule has 3 heteroatoms. The van der Waals surface area contributed by atoms with E-state index < -0.39 is 5.97 Å². The van der Waals surface area contributed by atoms with Crippen molar-refractivity contribution in [1.82, 2.24) is 0 Å². The highest BCUT2D eigenvalue weighted by molar-refractivity contribution is 5.87. The van der Waals surface area contributed by atoms with E-state index in [9.17, 15) is 4.79 Å². The summed E-state index contributed by atoms with van der Waals surface area (Å²) in [5.41, 5.74) is 1.29. The highest BCUT2D eigenvalue weighted by Crippen LogP contribution is 2.14. The van der Waals surface area contributed by atoms with Crippen LogP contribution in [0.15, 0.2) is 11.1 Å². The summed E-state index contributed by atoms with van der Waals surface area (Å²) in [5, 5.41) is 8.85. The van der Waals surface area contributed by atoms with E-state index in [1.807, 2.05) is 6.92 Å². The third-order valence-corrected chi connectivity index (χ3v) is 1.78. The van der Waals surface area contributed by atoms with Crippen molar-refractivity contribution >= 4 is 5.97 Å². The van der Waals surface area contributed by atoms with Crippen LogP contribution in [0.5, 0.6) is 0 Å². The first-order chi connectivity index (χ1) is 5.99. The van der Waals surface area contributed by atoms with Crippen molar-refractivity contribution < 1.29 is 14.6 Å². The smallest absolute Gasteiger partial charge is 0.333 e. The molecule has 0 saturated heterocycles. The van der Waals surface area contributed by atoms with Crippen molar-refractivity contribution in [3.63, 3.8) is 0 Å². The predicted molar refractivity (Wildman–Crippen MR) is 51.7 cm³/mol. The van der Waals surface area contributed by atoms with Crippen LogP contribution < -0.4 is 0 Å².